The molecule has 1 saturated carbocycles. The highest BCUT2D eigenvalue weighted by atomic mass is 35.5. The number of hydrogen-bond acceptors (Lipinski definition) is 12. The summed E-state index contributed by atoms with van der Waals surface area (Å²) in [5.74, 6) is -2.27. The lowest BCUT2D eigenvalue weighted by atomic mass is 9.92. The lowest BCUT2D eigenvalue weighted by molar-refractivity contribution is 0.0963. The van der Waals surface area contributed by atoms with E-state index in [1.54, 1.807) is 0 Å². The highest BCUT2D eigenvalue weighted by Gasteiger charge is 2.23. The average molecular weight is 539 g/mol. The van der Waals surface area contributed by atoms with Gasteiger partial charge in [0.15, 0.2) is 56.9 Å². The van der Waals surface area contributed by atoms with Gasteiger partial charge in [-0.2, -0.15) is 0 Å². The molecule has 3 rings (SSSR count). The molecule has 1 fully saturated rings. The third-order valence-electron chi connectivity index (χ3n) is 5.03. The van der Waals surface area contributed by atoms with Crippen LogP contribution in [0.1, 0.15) is 46.7 Å². The lowest BCUT2D eigenvalue weighted by Gasteiger charge is -2.24. The lowest BCUT2D eigenvalue weighted by Crippen LogP contribution is -2.40. The van der Waals surface area contributed by atoms with Crippen LogP contribution in [0.4, 0.5) is 23.3 Å². The van der Waals surface area contributed by atoms with Gasteiger partial charge in [0.25, 0.3) is 11.8 Å². The molecule has 18 heteroatoms. The fourth-order valence-electron chi connectivity index (χ4n) is 3.34. The number of guanidine groups is 2. The molecular formula is C18H24Cl2N14O2. The molecule has 2 heterocycles. The molecule has 2 amide bonds. The van der Waals surface area contributed by atoms with E-state index >= 15 is 0 Å². The SMILES string of the molecule is NC(=NC1CCC(N=C(N)NC(=O)c2nc(Cl)c(N)nc2N)CC1)NC(=O)c1nc(Cl)c(N)nc1N. The van der Waals surface area contributed by atoms with Gasteiger partial charge in [-0.15, -0.1) is 0 Å². The molecular weight excluding hydrogens is 515 g/mol. The quantitative estimate of drug-likeness (QED) is 0.171. The van der Waals surface area contributed by atoms with E-state index in [0.717, 1.165) is 0 Å². The Bertz CT molecular complexity index is 1150. The number of nitrogens with zero attached hydrogens (tertiary/aromatic N) is 6. The maximum Gasteiger partial charge on any atom is 0.280 e. The zero-order valence-electron chi connectivity index (χ0n) is 18.7. The third kappa shape index (κ3) is 6.48. The number of nitrogen functional groups attached to an aromatic ring is 4. The number of amides is 2. The van der Waals surface area contributed by atoms with Crippen LogP contribution in [-0.2, 0) is 0 Å². The summed E-state index contributed by atoms with van der Waals surface area (Å²) >= 11 is 11.6. The van der Waals surface area contributed by atoms with Crippen molar-refractivity contribution in [3.05, 3.63) is 21.7 Å². The van der Waals surface area contributed by atoms with Gasteiger partial charge in [-0.05, 0) is 25.7 Å². The molecule has 16 nitrogen and oxygen atoms in total. The number of nitrogens with one attached hydrogen (secondary N) is 2. The minimum absolute atomic E-state index is 0.0977. The van der Waals surface area contributed by atoms with Crippen LogP contribution >= 0.6 is 23.2 Å². The maximum absolute atomic E-state index is 12.4. The molecule has 0 atom stereocenters. The Balaban J connectivity index is 1.53. The predicted octanol–water partition coefficient (Wildman–Crippen LogP) is -0.997. The Morgan fingerprint density at radius 2 is 1.00 bits per heavy atom. The van der Waals surface area contributed by atoms with Gasteiger partial charge in [-0.3, -0.25) is 20.2 Å². The molecule has 0 radical (unpaired) electrons. The molecule has 0 unspecified atom stereocenters. The number of anilines is 4. The summed E-state index contributed by atoms with van der Waals surface area (Å²) in [6.45, 7) is 0. The summed E-state index contributed by atoms with van der Waals surface area (Å²) in [7, 11) is 0. The van der Waals surface area contributed by atoms with Gasteiger partial charge in [0.2, 0.25) is 0 Å². The summed E-state index contributed by atoms with van der Waals surface area (Å²) in [5.41, 5.74) is 33.6. The van der Waals surface area contributed by atoms with Crippen LogP contribution in [0.25, 0.3) is 0 Å². The largest absolute Gasteiger partial charge is 0.382 e. The van der Waals surface area contributed by atoms with Gasteiger partial charge in [0.05, 0.1) is 12.1 Å². The predicted molar refractivity (Wildman–Crippen MR) is 136 cm³/mol. The van der Waals surface area contributed by atoms with Gasteiger partial charge in [-0.25, -0.2) is 29.9 Å². The van der Waals surface area contributed by atoms with Crippen molar-refractivity contribution < 1.29 is 9.59 Å². The zero-order valence-corrected chi connectivity index (χ0v) is 20.2. The second kappa shape index (κ2) is 11.0. The number of carbonyl (C=O) groups is 2. The van der Waals surface area contributed by atoms with Gasteiger partial charge in [0, 0.05) is 0 Å². The van der Waals surface area contributed by atoms with Crippen LogP contribution in [0.5, 0.6) is 0 Å². The van der Waals surface area contributed by atoms with E-state index in [2.05, 4.69) is 40.6 Å². The Morgan fingerprint density at radius 1 is 0.667 bits per heavy atom. The van der Waals surface area contributed by atoms with Gasteiger partial charge in [-0.1, -0.05) is 23.2 Å². The number of nitrogens with two attached hydrogens (primary N) is 6. The minimum atomic E-state index is -0.724. The normalized spacial score (nSPS) is 18.5. The van der Waals surface area contributed by atoms with Crippen molar-refractivity contribution in [1.29, 1.82) is 0 Å². The molecule has 36 heavy (non-hydrogen) atoms. The number of halogens is 2. The van der Waals surface area contributed by atoms with Gasteiger partial charge >= 0.3 is 0 Å². The molecule has 0 aliphatic heterocycles. The summed E-state index contributed by atoms with van der Waals surface area (Å²) in [4.78, 5) is 48.4. The van der Waals surface area contributed by atoms with Crippen molar-refractivity contribution in [2.24, 2.45) is 21.5 Å². The first kappa shape index (κ1) is 26.4. The van der Waals surface area contributed by atoms with Crippen molar-refractivity contribution in [3.63, 3.8) is 0 Å². The molecule has 0 bridgehead atoms. The number of rotatable bonds is 4. The standard InChI is InChI=1S/C18H24Cl2N14O2/c19-9-13(23)31-11(21)7(29-9)15(35)33-17(25)27-5-1-2-6(4-3-5)28-18(26)34-16(36)8-12(22)32-14(24)10(20)30-8/h5-6H,1-4H2,(H4,21,23,31)(H4,22,24,32)(H3,25,27,33,35)(H3,26,28,34,36). The van der Waals surface area contributed by atoms with Crippen LogP contribution in [-0.4, -0.2) is 55.8 Å². The van der Waals surface area contributed by atoms with Crippen molar-refractivity contribution >= 4 is 70.2 Å². The first-order chi connectivity index (χ1) is 16.9. The Hall–Kier alpha value is -4.18. The van der Waals surface area contributed by atoms with Crippen molar-refractivity contribution in [2.45, 2.75) is 37.8 Å². The van der Waals surface area contributed by atoms with Crippen molar-refractivity contribution in [2.75, 3.05) is 22.9 Å². The van der Waals surface area contributed by atoms with E-state index in [1.807, 2.05) is 0 Å². The molecule has 14 N–H and O–H groups in total. The molecule has 0 saturated heterocycles. The fraction of sp³-hybridized carbons (Fsp3) is 0.333. The Labute approximate surface area is 214 Å². The van der Waals surface area contributed by atoms with Crippen LogP contribution in [0.3, 0.4) is 0 Å². The smallest absolute Gasteiger partial charge is 0.280 e. The average Bonchev–Trinajstić information content (AvgIpc) is 2.79. The van der Waals surface area contributed by atoms with E-state index < -0.39 is 11.8 Å². The van der Waals surface area contributed by atoms with Crippen molar-refractivity contribution in [3.8, 4) is 0 Å². The van der Waals surface area contributed by atoms with E-state index in [1.165, 1.54) is 0 Å². The van der Waals surface area contributed by atoms with E-state index in [-0.39, 0.29) is 69.0 Å². The molecule has 0 spiro atoms. The topological polar surface area (TPSA) is 291 Å². The third-order valence-corrected chi connectivity index (χ3v) is 5.59. The summed E-state index contributed by atoms with van der Waals surface area (Å²) in [6.07, 6.45) is 2.42. The summed E-state index contributed by atoms with van der Waals surface area (Å²) in [6, 6.07) is -0.337. The van der Waals surface area contributed by atoms with Crippen molar-refractivity contribution in [1.82, 2.24) is 30.6 Å². The highest BCUT2D eigenvalue weighted by Crippen LogP contribution is 2.24. The van der Waals surface area contributed by atoms with Crippen LogP contribution in [0.2, 0.25) is 10.3 Å². The first-order valence-corrected chi connectivity index (χ1v) is 11.2. The maximum atomic E-state index is 12.4. The van der Waals surface area contributed by atoms with Crippen LogP contribution < -0.4 is 45.0 Å². The number of carbonyl (C=O) groups excluding carboxylic acids is 2. The van der Waals surface area contributed by atoms with Gasteiger partial charge < -0.3 is 34.4 Å². The van der Waals surface area contributed by atoms with Gasteiger partial charge in [0.1, 0.15) is 0 Å². The summed E-state index contributed by atoms with van der Waals surface area (Å²) < 4.78 is 0. The molecule has 1 aliphatic carbocycles. The van der Waals surface area contributed by atoms with E-state index in [4.69, 9.17) is 57.6 Å². The number of aromatic nitrogens is 4. The summed E-state index contributed by atoms with van der Waals surface area (Å²) in [5, 5.41) is 4.47. The monoisotopic (exact) mass is 538 g/mol. The Morgan fingerprint density at radius 3 is 1.33 bits per heavy atom. The number of hydrogen-bond donors (Lipinski definition) is 8. The zero-order chi connectivity index (χ0) is 26.6. The minimum Gasteiger partial charge on any atom is -0.382 e. The highest BCUT2D eigenvalue weighted by molar-refractivity contribution is 6.32. The molecule has 2 aromatic heterocycles. The second-order valence-electron chi connectivity index (χ2n) is 7.67. The Kier molecular flexibility index (Phi) is 8.11. The molecule has 192 valence electrons. The molecule has 0 aromatic carbocycles. The van der Waals surface area contributed by atoms with Crippen LogP contribution in [0, 0.1) is 0 Å². The fourth-order valence-corrected chi connectivity index (χ4v) is 3.60. The van der Waals surface area contributed by atoms with E-state index in [0.29, 0.717) is 25.7 Å². The van der Waals surface area contributed by atoms with Crippen LogP contribution in [0.15, 0.2) is 9.98 Å². The molecule has 2 aromatic rings. The first-order valence-electron chi connectivity index (χ1n) is 10.4. The van der Waals surface area contributed by atoms with E-state index in [9.17, 15) is 9.59 Å². The molecule has 1 aliphatic rings. The second-order valence-corrected chi connectivity index (χ2v) is 8.38. The number of aliphatic imine (C=N–C) groups is 2.